The summed E-state index contributed by atoms with van der Waals surface area (Å²) in [5, 5.41) is 9.78. The molecule has 2 aliphatic rings. The Morgan fingerprint density at radius 2 is 1.28 bits per heavy atom. The molecule has 5 rings (SSSR count). The average molecular weight is 427 g/mol. The Morgan fingerprint density at radius 3 is 1.69 bits per heavy atom. The summed E-state index contributed by atoms with van der Waals surface area (Å²) in [5.74, 6) is 0. The van der Waals surface area contributed by atoms with E-state index >= 15 is 0 Å². The van der Waals surface area contributed by atoms with E-state index in [9.17, 15) is 9.90 Å². The minimum atomic E-state index is -0.941. The Bertz CT molecular complexity index is 1080. The summed E-state index contributed by atoms with van der Waals surface area (Å²) in [5.41, 5.74) is 6.71. The molecule has 4 nitrogen and oxygen atoms in total. The summed E-state index contributed by atoms with van der Waals surface area (Å²) < 4.78 is 0. The lowest BCUT2D eigenvalue weighted by atomic mass is 9.64. The van der Waals surface area contributed by atoms with Gasteiger partial charge >= 0.3 is 6.09 Å². The largest absolute Gasteiger partial charge is 0.465 e. The summed E-state index contributed by atoms with van der Waals surface area (Å²) in [4.78, 5) is 15.8. The van der Waals surface area contributed by atoms with Gasteiger partial charge in [0.15, 0.2) is 0 Å². The predicted molar refractivity (Wildman–Crippen MR) is 130 cm³/mol. The molecule has 0 radical (unpaired) electrons. The van der Waals surface area contributed by atoms with E-state index in [1.54, 1.807) is 7.05 Å². The van der Waals surface area contributed by atoms with Crippen molar-refractivity contribution in [2.75, 3.05) is 29.9 Å². The van der Waals surface area contributed by atoms with Gasteiger partial charge in [0.2, 0.25) is 0 Å². The molecule has 0 unspecified atom stereocenters. The number of hydrogen-bond donors (Lipinski definition) is 1. The van der Waals surface area contributed by atoms with Crippen LogP contribution in [0.25, 0.3) is 0 Å². The summed E-state index contributed by atoms with van der Waals surface area (Å²) in [6.45, 7) is 6.64. The Labute approximate surface area is 190 Å². The average Bonchev–Trinajstić information content (AvgIpc) is 2.83. The van der Waals surface area contributed by atoms with Crippen LogP contribution in [0.2, 0.25) is 0 Å². The zero-order chi connectivity index (χ0) is 22.5. The standard InChI is InChI=1S/C28H30N2O2/c1-27(20-10-6-4-7-11-20)14-16-30-17-15-28(2,21-12-8-5-9-13-21)24-19-22(29(3)26(31)32)18-23(27)25(24)30/h4-13,18-19H,14-17H2,1-3H3,(H,31,32)/t27-,28-/m0/s1. The van der Waals surface area contributed by atoms with Crippen molar-refractivity contribution in [3.8, 4) is 0 Å². The highest BCUT2D eigenvalue weighted by atomic mass is 16.4. The highest BCUT2D eigenvalue weighted by Crippen LogP contribution is 2.54. The number of hydrogen-bond acceptors (Lipinski definition) is 2. The van der Waals surface area contributed by atoms with Crippen LogP contribution < -0.4 is 9.80 Å². The topological polar surface area (TPSA) is 43.8 Å². The first kappa shape index (κ1) is 20.6. The van der Waals surface area contributed by atoms with E-state index in [1.807, 2.05) is 0 Å². The molecule has 0 saturated heterocycles. The van der Waals surface area contributed by atoms with E-state index in [0.717, 1.165) is 31.6 Å². The second-order valence-corrected chi connectivity index (χ2v) is 9.61. The van der Waals surface area contributed by atoms with Crippen LogP contribution in [0.15, 0.2) is 72.8 Å². The Kier molecular flexibility index (Phi) is 4.77. The highest BCUT2D eigenvalue weighted by Gasteiger charge is 2.45. The number of anilines is 2. The summed E-state index contributed by atoms with van der Waals surface area (Å²) in [6.07, 6.45) is 1.07. The molecule has 3 aromatic rings. The van der Waals surface area contributed by atoms with Crippen LogP contribution in [0.1, 0.15) is 48.9 Å². The molecule has 2 aliphatic heterocycles. The third-order valence-corrected chi connectivity index (χ3v) is 7.86. The predicted octanol–water partition coefficient (Wildman–Crippen LogP) is 6.03. The van der Waals surface area contributed by atoms with Crippen LogP contribution in [0, 0.1) is 0 Å². The highest BCUT2D eigenvalue weighted by molar-refractivity contribution is 5.88. The third kappa shape index (κ3) is 3.01. The van der Waals surface area contributed by atoms with Crippen molar-refractivity contribution in [1.82, 2.24) is 0 Å². The number of amides is 1. The van der Waals surface area contributed by atoms with Crippen molar-refractivity contribution in [3.05, 3.63) is 95.1 Å². The van der Waals surface area contributed by atoms with Gasteiger partial charge in [-0.2, -0.15) is 0 Å². The maximum Gasteiger partial charge on any atom is 0.411 e. The van der Waals surface area contributed by atoms with Crippen molar-refractivity contribution >= 4 is 17.5 Å². The molecule has 0 spiro atoms. The lowest BCUT2D eigenvalue weighted by molar-refractivity contribution is 0.203. The van der Waals surface area contributed by atoms with Gasteiger partial charge in [-0.05, 0) is 47.2 Å². The van der Waals surface area contributed by atoms with Gasteiger partial charge in [0.05, 0.1) is 0 Å². The second-order valence-electron chi connectivity index (χ2n) is 9.61. The van der Waals surface area contributed by atoms with Gasteiger partial charge < -0.3 is 10.0 Å². The molecule has 1 amide bonds. The molecule has 32 heavy (non-hydrogen) atoms. The number of nitrogens with zero attached hydrogens (tertiary/aromatic N) is 2. The SMILES string of the molecule is CN(C(=O)O)c1cc2c3c(c1)[C@](C)(c1ccccc1)CCN3CC[C@@]2(C)c1ccccc1. The van der Waals surface area contributed by atoms with Crippen molar-refractivity contribution in [2.24, 2.45) is 0 Å². The number of rotatable bonds is 3. The Morgan fingerprint density at radius 1 is 0.844 bits per heavy atom. The molecule has 2 atom stereocenters. The first-order valence-electron chi connectivity index (χ1n) is 11.4. The zero-order valence-corrected chi connectivity index (χ0v) is 19.0. The molecule has 3 aromatic carbocycles. The zero-order valence-electron chi connectivity index (χ0n) is 19.0. The normalized spacial score (nSPS) is 24.0. The van der Waals surface area contributed by atoms with E-state index in [1.165, 1.54) is 32.8 Å². The lowest BCUT2D eigenvalue weighted by Crippen LogP contribution is -2.47. The van der Waals surface area contributed by atoms with Crippen LogP contribution in [0.4, 0.5) is 16.2 Å². The molecule has 0 fully saturated rings. The smallest absolute Gasteiger partial charge is 0.411 e. The van der Waals surface area contributed by atoms with Crippen LogP contribution in [-0.2, 0) is 10.8 Å². The van der Waals surface area contributed by atoms with Crippen molar-refractivity contribution in [2.45, 2.75) is 37.5 Å². The fourth-order valence-electron chi connectivity index (χ4n) is 5.64. The van der Waals surface area contributed by atoms with Gasteiger partial charge in [-0.3, -0.25) is 4.90 Å². The monoisotopic (exact) mass is 426 g/mol. The molecule has 2 heterocycles. The second kappa shape index (κ2) is 7.40. The maximum atomic E-state index is 11.9. The van der Waals surface area contributed by atoms with Crippen molar-refractivity contribution in [3.63, 3.8) is 0 Å². The first-order chi connectivity index (χ1) is 15.3. The molecule has 4 heteroatoms. The third-order valence-electron chi connectivity index (χ3n) is 7.86. The molecule has 164 valence electrons. The lowest BCUT2D eigenvalue weighted by Gasteiger charge is -2.50. The van der Waals surface area contributed by atoms with E-state index in [-0.39, 0.29) is 10.8 Å². The summed E-state index contributed by atoms with van der Waals surface area (Å²) >= 11 is 0. The maximum absolute atomic E-state index is 11.9. The van der Waals surface area contributed by atoms with E-state index < -0.39 is 6.09 Å². The minimum absolute atomic E-state index is 0.174. The fraction of sp³-hybridized carbons (Fsp3) is 0.321. The molecule has 1 N–H and O–H groups in total. The molecular formula is C28H30N2O2. The van der Waals surface area contributed by atoms with Gasteiger partial charge in [-0.25, -0.2) is 4.79 Å². The summed E-state index contributed by atoms with van der Waals surface area (Å²) in [6, 6.07) is 25.5. The van der Waals surface area contributed by atoms with Crippen LogP contribution >= 0.6 is 0 Å². The van der Waals surface area contributed by atoms with E-state index in [2.05, 4.69) is 91.5 Å². The van der Waals surface area contributed by atoms with Gasteiger partial charge in [-0.1, -0.05) is 74.5 Å². The van der Waals surface area contributed by atoms with Gasteiger partial charge in [0.25, 0.3) is 0 Å². The number of benzene rings is 3. The number of carboxylic acid groups (broad SMARTS) is 1. The fourth-order valence-corrected chi connectivity index (χ4v) is 5.64. The minimum Gasteiger partial charge on any atom is -0.465 e. The molecular weight excluding hydrogens is 396 g/mol. The van der Waals surface area contributed by atoms with Gasteiger partial charge in [0.1, 0.15) is 0 Å². The quantitative estimate of drug-likeness (QED) is 0.556. The molecule has 0 aromatic heterocycles. The first-order valence-corrected chi connectivity index (χ1v) is 11.4. The van der Waals surface area contributed by atoms with Crippen LogP contribution in [0.5, 0.6) is 0 Å². The van der Waals surface area contributed by atoms with E-state index in [0.29, 0.717) is 0 Å². The van der Waals surface area contributed by atoms with Crippen LogP contribution in [-0.4, -0.2) is 31.3 Å². The van der Waals surface area contributed by atoms with Gasteiger partial charge in [0, 0.05) is 42.3 Å². The van der Waals surface area contributed by atoms with Crippen molar-refractivity contribution < 1.29 is 9.90 Å². The van der Waals surface area contributed by atoms with Crippen LogP contribution in [0.3, 0.4) is 0 Å². The number of carbonyl (C=O) groups is 1. The van der Waals surface area contributed by atoms with Crippen molar-refractivity contribution in [1.29, 1.82) is 0 Å². The molecule has 0 bridgehead atoms. The Balaban J connectivity index is 1.81. The summed E-state index contributed by atoms with van der Waals surface area (Å²) in [7, 11) is 1.64. The Hall–Kier alpha value is -3.27. The van der Waals surface area contributed by atoms with E-state index in [4.69, 9.17) is 0 Å². The molecule has 0 aliphatic carbocycles. The molecule has 0 saturated carbocycles. The van der Waals surface area contributed by atoms with Gasteiger partial charge in [-0.15, -0.1) is 0 Å².